The first-order valence-electron chi connectivity index (χ1n) is 10.8. The Morgan fingerprint density at radius 1 is 1.10 bits per heavy atom. The molecule has 0 unspecified atom stereocenters. The van der Waals surface area contributed by atoms with Crippen molar-refractivity contribution in [3.63, 3.8) is 0 Å². The van der Waals surface area contributed by atoms with Crippen LogP contribution in [0, 0.1) is 0 Å². The third kappa shape index (κ3) is 7.09. The maximum Gasteiger partial charge on any atom is 0.247 e. The van der Waals surface area contributed by atoms with Crippen LogP contribution in [-0.4, -0.2) is 39.6 Å². The molecule has 2 aromatic rings. The van der Waals surface area contributed by atoms with Crippen LogP contribution in [0.4, 0.5) is 5.82 Å². The van der Waals surface area contributed by atoms with Gasteiger partial charge < -0.3 is 10.2 Å². The standard InChI is InChI=1S/C25H36N4O2/c1-8-16-28(23(31)15-14-19-12-10-9-11-13-19)18-22(30)26-21-17-20(24(2,3)4)27-29(21)25(5,6)7/h9-15,17H,8,16,18H2,1-7H3,(H,26,30)/b15-14+. The van der Waals surface area contributed by atoms with E-state index in [-0.39, 0.29) is 29.3 Å². The molecule has 0 spiro atoms. The van der Waals surface area contributed by atoms with E-state index >= 15 is 0 Å². The predicted molar refractivity (Wildman–Crippen MR) is 127 cm³/mol. The lowest BCUT2D eigenvalue weighted by Gasteiger charge is -2.24. The number of carbonyl (C=O) groups is 2. The van der Waals surface area contributed by atoms with E-state index in [0.29, 0.717) is 12.4 Å². The van der Waals surface area contributed by atoms with Gasteiger partial charge in [0.05, 0.1) is 11.2 Å². The molecule has 31 heavy (non-hydrogen) atoms. The van der Waals surface area contributed by atoms with Gasteiger partial charge in [-0.25, -0.2) is 4.68 Å². The molecule has 1 N–H and O–H groups in total. The Hall–Kier alpha value is -2.89. The average molecular weight is 425 g/mol. The van der Waals surface area contributed by atoms with Gasteiger partial charge in [-0.15, -0.1) is 0 Å². The van der Waals surface area contributed by atoms with Gasteiger partial charge in [0, 0.05) is 24.1 Å². The van der Waals surface area contributed by atoms with E-state index in [4.69, 9.17) is 5.10 Å². The van der Waals surface area contributed by atoms with E-state index in [0.717, 1.165) is 17.7 Å². The Labute approximate surface area is 186 Å². The molecule has 1 aromatic carbocycles. The fourth-order valence-corrected chi connectivity index (χ4v) is 3.08. The van der Waals surface area contributed by atoms with E-state index in [9.17, 15) is 9.59 Å². The summed E-state index contributed by atoms with van der Waals surface area (Å²) in [5, 5.41) is 7.70. The third-order valence-corrected chi connectivity index (χ3v) is 4.74. The number of nitrogens with one attached hydrogen (secondary N) is 1. The summed E-state index contributed by atoms with van der Waals surface area (Å²) in [7, 11) is 0. The molecule has 168 valence electrons. The van der Waals surface area contributed by atoms with E-state index in [1.807, 2.05) is 68.8 Å². The topological polar surface area (TPSA) is 67.2 Å². The minimum absolute atomic E-state index is 0.00796. The van der Waals surface area contributed by atoms with Gasteiger partial charge in [0.1, 0.15) is 12.4 Å². The monoisotopic (exact) mass is 424 g/mol. The van der Waals surface area contributed by atoms with Gasteiger partial charge >= 0.3 is 0 Å². The smallest absolute Gasteiger partial charge is 0.247 e. The molecule has 0 bridgehead atoms. The number of aromatic nitrogens is 2. The summed E-state index contributed by atoms with van der Waals surface area (Å²) in [4.78, 5) is 27.1. The van der Waals surface area contributed by atoms with Crippen molar-refractivity contribution in [3.05, 3.63) is 53.7 Å². The second-order valence-electron chi connectivity index (χ2n) is 9.80. The fraction of sp³-hybridized carbons (Fsp3) is 0.480. The molecule has 0 saturated heterocycles. The lowest BCUT2D eigenvalue weighted by Crippen LogP contribution is -2.38. The van der Waals surface area contributed by atoms with Crippen LogP contribution in [0.5, 0.6) is 0 Å². The lowest BCUT2D eigenvalue weighted by atomic mass is 9.92. The minimum Gasteiger partial charge on any atom is -0.330 e. The normalized spacial score (nSPS) is 12.2. The summed E-state index contributed by atoms with van der Waals surface area (Å²) in [6, 6.07) is 11.6. The average Bonchev–Trinajstić information content (AvgIpc) is 3.11. The minimum atomic E-state index is -0.288. The van der Waals surface area contributed by atoms with Gasteiger partial charge in [0.2, 0.25) is 11.8 Å². The summed E-state index contributed by atoms with van der Waals surface area (Å²) in [5.41, 5.74) is 1.43. The van der Waals surface area contributed by atoms with E-state index < -0.39 is 0 Å². The first-order chi connectivity index (χ1) is 14.4. The molecule has 0 atom stereocenters. The highest BCUT2D eigenvalue weighted by molar-refractivity contribution is 5.97. The van der Waals surface area contributed by atoms with Crippen molar-refractivity contribution in [2.24, 2.45) is 0 Å². The number of amides is 2. The molecular weight excluding hydrogens is 388 g/mol. The summed E-state index contributed by atoms with van der Waals surface area (Å²) in [6.07, 6.45) is 4.06. The maximum absolute atomic E-state index is 12.8. The zero-order valence-electron chi connectivity index (χ0n) is 19.9. The SMILES string of the molecule is CCCN(CC(=O)Nc1cc(C(C)(C)C)nn1C(C)(C)C)C(=O)/C=C/c1ccccc1. The Kier molecular flexibility index (Phi) is 7.82. The van der Waals surface area contributed by atoms with Gasteiger partial charge in [0.15, 0.2) is 0 Å². The van der Waals surface area contributed by atoms with Crippen LogP contribution in [0.15, 0.2) is 42.5 Å². The van der Waals surface area contributed by atoms with Crippen LogP contribution >= 0.6 is 0 Å². The van der Waals surface area contributed by atoms with Gasteiger partial charge in [-0.05, 0) is 38.8 Å². The fourth-order valence-electron chi connectivity index (χ4n) is 3.08. The Morgan fingerprint density at radius 3 is 2.29 bits per heavy atom. The molecular formula is C25H36N4O2. The van der Waals surface area contributed by atoms with E-state index in [1.54, 1.807) is 11.0 Å². The summed E-state index contributed by atoms with van der Waals surface area (Å²) >= 11 is 0. The summed E-state index contributed by atoms with van der Waals surface area (Å²) < 4.78 is 1.84. The molecule has 1 heterocycles. The molecule has 0 aliphatic heterocycles. The number of benzene rings is 1. The van der Waals surface area contributed by atoms with Crippen molar-refractivity contribution < 1.29 is 9.59 Å². The quantitative estimate of drug-likeness (QED) is 0.648. The molecule has 6 nitrogen and oxygen atoms in total. The van der Waals surface area contributed by atoms with Crippen molar-refractivity contribution in [2.75, 3.05) is 18.4 Å². The second-order valence-corrected chi connectivity index (χ2v) is 9.80. The van der Waals surface area contributed by atoms with Crippen LogP contribution in [0.25, 0.3) is 6.08 Å². The molecule has 0 aliphatic rings. The van der Waals surface area contributed by atoms with Crippen molar-refractivity contribution >= 4 is 23.7 Å². The lowest BCUT2D eigenvalue weighted by molar-refractivity contribution is -0.130. The van der Waals surface area contributed by atoms with Crippen LogP contribution in [0.1, 0.15) is 66.1 Å². The Bertz CT molecular complexity index is 915. The Morgan fingerprint density at radius 2 is 1.74 bits per heavy atom. The molecule has 2 amide bonds. The highest BCUT2D eigenvalue weighted by Gasteiger charge is 2.26. The van der Waals surface area contributed by atoms with E-state index in [1.165, 1.54) is 6.08 Å². The van der Waals surface area contributed by atoms with Gasteiger partial charge in [-0.2, -0.15) is 5.10 Å². The highest BCUT2D eigenvalue weighted by atomic mass is 16.2. The van der Waals surface area contributed by atoms with Crippen LogP contribution in [0.3, 0.4) is 0 Å². The largest absolute Gasteiger partial charge is 0.330 e. The first kappa shape index (κ1) is 24.4. The van der Waals surface area contributed by atoms with Crippen molar-refractivity contribution in [1.29, 1.82) is 0 Å². The molecule has 0 fully saturated rings. The number of hydrogen-bond acceptors (Lipinski definition) is 3. The van der Waals surface area contributed by atoms with Crippen LogP contribution in [0.2, 0.25) is 0 Å². The molecule has 2 rings (SSSR count). The van der Waals surface area contributed by atoms with Gasteiger partial charge in [0.25, 0.3) is 0 Å². The molecule has 6 heteroatoms. The third-order valence-electron chi connectivity index (χ3n) is 4.74. The summed E-state index contributed by atoms with van der Waals surface area (Å²) in [6.45, 7) is 14.9. The van der Waals surface area contributed by atoms with E-state index in [2.05, 4.69) is 26.1 Å². The highest BCUT2D eigenvalue weighted by Crippen LogP contribution is 2.28. The number of anilines is 1. The molecule has 1 aromatic heterocycles. The van der Waals surface area contributed by atoms with Gasteiger partial charge in [-0.1, -0.05) is 58.0 Å². The maximum atomic E-state index is 12.8. The first-order valence-corrected chi connectivity index (χ1v) is 10.8. The van der Waals surface area contributed by atoms with Crippen molar-refractivity contribution in [2.45, 2.75) is 65.8 Å². The summed E-state index contributed by atoms with van der Waals surface area (Å²) in [5.74, 6) is 0.229. The number of hydrogen-bond donors (Lipinski definition) is 1. The van der Waals surface area contributed by atoms with Gasteiger partial charge in [-0.3, -0.25) is 9.59 Å². The van der Waals surface area contributed by atoms with Crippen LogP contribution < -0.4 is 5.32 Å². The number of nitrogens with zero attached hydrogens (tertiary/aromatic N) is 3. The Balaban J connectivity index is 2.15. The second kappa shape index (κ2) is 9.94. The number of carbonyl (C=O) groups excluding carboxylic acids is 2. The number of rotatable bonds is 7. The molecule has 0 radical (unpaired) electrons. The molecule has 0 aliphatic carbocycles. The predicted octanol–water partition coefficient (Wildman–Crippen LogP) is 4.83. The molecule has 0 saturated carbocycles. The van der Waals surface area contributed by atoms with Crippen molar-refractivity contribution in [1.82, 2.24) is 14.7 Å². The van der Waals surface area contributed by atoms with Crippen molar-refractivity contribution in [3.8, 4) is 0 Å². The zero-order valence-corrected chi connectivity index (χ0v) is 19.9. The van der Waals surface area contributed by atoms with Crippen LogP contribution in [-0.2, 0) is 20.5 Å². The zero-order chi connectivity index (χ0) is 23.2.